The molecule has 0 amide bonds. The van der Waals surface area contributed by atoms with E-state index < -0.39 is 0 Å². The van der Waals surface area contributed by atoms with Crippen LogP contribution in [0.2, 0.25) is 0 Å². The fraction of sp³-hybridized carbons (Fsp3) is 1.00. The van der Waals surface area contributed by atoms with Crippen molar-refractivity contribution in [3.8, 4) is 0 Å². The highest BCUT2D eigenvalue weighted by molar-refractivity contribution is 4.76. The molecule has 0 aromatic rings. The Labute approximate surface area is 133 Å². The molecule has 1 aliphatic heterocycles. The first-order chi connectivity index (χ1) is 10.4. The van der Waals surface area contributed by atoms with E-state index in [9.17, 15) is 0 Å². The van der Waals surface area contributed by atoms with Gasteiger partial charge in [0, 0.05) is 25.3 Å². The van der Waals surface area contributed by atoms with Crippen molar-refractivity contribution in [2.75, 3.05) is 13.2 Å². The summed E-state index contributed by atoms with van der Waals surface area (Å²) < 4.78 is 5.48. The molecule has 1 aliphatic rings. The second-order valence-electron chi connectivity index (χ2n) is 6.80. The molecule has 2 nitrogen and oxygen atoms in total. The molecular weight excluding hydrogens is 258 g/mol. The van der Waals surface area contributed by atoms with Gasteiger partial charge in [-0.2, -0.15) is 0 Å². The highest BCUT2D eigenvalue weighted by Crippen LogP contribution is 2.16. The number of nitrogens with one attached hydrogen (secondary N) is 1. The molecule has 0 radical (unpaired) electrons. The van der Waals surface area contributed by atoms with Gasteiger partial charge >= 0.3 is 0 Å². The number of hydrogen-bond donors (Lipinski definition) is 1. The molecule has 1 heterocycles. The number of rotatable bonds is 13. The monoisotopic (exact) mass is 297 g/mol. The molecule has 0 aliphatic carbocycles. The van der Waals surface area contributed by atoms with Crippen LogP contribution in [0, 0.1) is 0 Å². The maximum atomic E-state index is 5.48. The van der Waals surface area contributed by atoms with Crippen LogP contribution < -0.4 is 5.32 Å². The largest absolute Gasteiger partial charge is 0.381 e. The first-order valence-corrected chi connectivity index (χ1v) is 9.70. The van der Waals surface area contributed by atoms with Crippen LogP contribution in [0.3, 0.4) is 0 Å². The Morgan fingerprint density at radius 3 is 1.90 bits per heavy atom. The van der Waals surface area contributed by atoms with E-state index in [2.05, 4.69) is 19.2 Å². The van der Waals surface area contributed by atoms with E-state index in [1.807, 2.05) is 0 Å². The maximum absolute atomic E-state index is 5.48. The summed E-state index contributed by atoms with van der Waals surface area (Å²) in [5.41, 5.74) is 0. The Hall–Kier alpha value is -0.0800. The van der Waals surface area contributed by atoms with Crippen LogP contribution in [0.5, 0.6) is 0 Å². The van der Waals surface area contributed by atoms with Gasteiger partial charge in [0.05, 0.1) is 0 Å². The summed E-state index contributed by atoms with van der Waals surface area (Å²) in [4.78, 5) is 0. The first kappa shape index (κ1) is 19.0. The van der Waals surface area contributed by atoms with Crippen LogP contribution in [0.25, 0.3) is 0 Å². The summed E-state index contributed by atoms with van der Waals surface area (Å²) >= 11 is 0. The van der Waals surface area contributed by atoms with Gasteiger partial charge in [0.2, 0.25) is 0 Å². The zero-order chi connectivity index (χ0) is 15.2. The molecule has 0 aromatic heterocycles. The molecule has 0 saturated carbocycles. The van der Waals surface area contributed by atoms with Crippen molar-refractivity contribution >= 4 is 0 Å². The topological polar surface area (TPSA) is 21.3 Å². The van der Waals surface area contributed by atoms with Crippen LogP contribution in [-0.4, -0.2) is 25.3 Å². The van der Waals surface area contributed by atoms with Crippen molar-refractivity contribution in [1.29, 1.82) is 0 Å². The van der Waals surface area contributed by atoms with E-state index in [-0.39, 0.29) is 0 Å². The summed E-state index contributed by atoms with van der Waals surface area (Å²) in [7, 11) is 0. The Balaban J connectivity index is 2.19. The van der Waals surface area contributed by atoms with Gasteiger partial charge in [0.25, 0.3) is 0 Å². The van der Waals surface area contributed by atoms with Gasteiger partial charge in [-0.1, -0.05) is 71.6 Å². The number of unbranched alkanes of at least 4 members (excludes halogenated alkanes) is 7. The highest BCUT2D eigenvalue weighted by Gasteiger charge is 2.17. The van der Waals surface area contributed by atoms with Crippen molar-refractivity contribution in [3.05, 3.63) is 0 Å². The van der Waals surface area contributed by atoms with Crippen molar-refractivity contribution in [3.63, 3.8) is 0 Å². The Kier molecular flexibility index (Phi) is 12.3. The van der Waals surface area contributed by atoms with Crippen LogP contribution in [0.1, 0.15) is 97.3 Å². The molecule has 1 N–H and O–H groups in total. The van der Waals surface area contributed by atoms with E-state index in [1.165, 1.54) is 83.5 Å². The lowest BCUT2D eigenvalue weighted by Gasteiger charge is -2.29. The third-order valence-corrected chi connectivity index (χ3v) is 4.75. The molecule has 126 valence electrons. The highest BCUT2D eigenvalue weighted by atomic mass is 16.5. The van der Waals surface area contributed by atoms with Crippen LogP contribution >= 0.6 is 0 Å². The smallest absolute Gasteiger partial charge is 0.0480 e. The van der Waals surface area contributed by atoms with Crippen molar-refractivity contribution < 1.29 is 4.74 Å². The van der Waals surface area contributed by atoms with Crippen molar-refractivity contribution in [2.45, 2.75) is 109 Å². The van der Waals surface area contributed by atoms with Gasteiger partial charge in [0.15, 0.2) is 0 Å². The van der Waals surface area contributed by atoms with Gasteiger partial charge in [-0.15, -0.1) is 0 Å². The zero-order valence-electron chi connectivity index (χ0n) is 14.7. The normalized spacial score (nSPS) is 18.0. The fourth-order valence-corrected chi connectivity index (χ4v) is 3.32. The maximum Gasteiger partial charge on any atom is 0.0480 e. The van der Waals surface area contributed by atoms with E-state index in [1.54, 1.807) is 0 Å². The molecule has 0 aromatic carbocycles. The first-order valence-electron chi connectivity index (χ1n) is 9.70. The Morgan fingerprint density at radius 2 is 1.33 bits per heavy atom. The minimum Gasteiger partial charge on any atom is -0.381 e. The molecule has 1 saturated heterocycles. The summed E-state index contributed by atoms with van der Waals surface area (Å²) in [6, 6.07) is 1.47. The molecule has 1 atom stereocenters. The predicted octanol–water partition coefficient (Wildman–Crippen LogP) is 5.45. The average molecular weight is 298 g/mol. The number of ether oxygens (including phenoxy) is 1. The molecular formula is C19H39NO. The van der Waals surface area contributed by atoms with Gasteiger partial charge in [-0.3, -0.25) is 0 Å². The Bertz CT molecular complexity index is 214. The van der Waals surface area contributed by atoms with E-state index in [0.717, 1.165) is 19.3 Å². The molecule has 1 fully saturated rings. The van der Waals surface area contributed by atoms with E-state index in [0.29, 0.717) is 6.04 Å². The van der Waals surface area contributed by atoms with Gasteiger partial charge in [-0.25, -0.2) is 0 Å². The molecule has 2 heteroatoms. The minimum atomic E-state index is 0.713. The standard InChI is InChI=1S/C19H39NO/c1-3-5-7-9-11-13-18(12-10-8-6-4-2)20-19-14-16-21-17-15-19/h18-20H,3-17H2,1-2H3. The van der Waals surface area contributed by atoms with Gasteiger partial charge in [-0.05, 0) is 25.7 Å². The third kappa shape index (κ3) is 10.3. The Morgan fingerprint density at radius 1 is 0.810 bits per heavy atom. The molecule has 21 heavy (non-hydrogen) atoms. The summed E-state index contributed by atoms with van der Waals surface area (Å²) in [5.74, 6) is 0. The second kappa shape index (κ2) is 13.6. The lowest BCUT2D eigenvalue weighted by Crippen LogP contribution is -2.41. The van der Waals surface area contributed by atoms with Crippen LogP contribution in [0.4, 0.5) is 0 Å². The van der Waals surface area contributed by atoms with E-state index >= 15 is 0 Å². The second-order valence-corrected chi connectivity index (χ2v) is 6.80. The molecule has 1 rings (SSSR count). The lowest BCUT2D eigenvalue weighted by atomic mass is 9.98. The van der Waals surface area contributed by atoms with Crippen molar-refractivity contribution in [1.82, 2.24) is 5.32 Å². The molecule has 0 bridgehead atoms. The fourth-order valence-electron chi connectivity index (χ4n) is 3.32. The lowest BCUT2D eigenvalue weighted by molar-refractivity contribution is 0.0739. The number of hydrogen-bond acceptors (Lipinski definition) is 2. The summed E-state index contributed by atoms with van der Waals surface area (Å²) in [6.07, 6.45) is 17.8. The third-order valence-electron chi connectivity index (χ3n) is 4.75. The zero-order valence-corrected chi connectivity index (χ0v) is 14.7. The summed E-state index contributed by atoms with van der Waals surface area (Å²) in [5, 5.41) is 3.94. The summed E-state index contributed by atoms with van der Waals surface area (Å²) in [6.45, 7) is 6.50. The average Bonchev–Trinajstić information content (AvgIpc) is 2.52. The molecule has 0 spiro atoms. The van der Waals surface area contributed by atoms with Gasteiger partial charge in [0.1, 0.15) is 0 Å². The molecule has 1 unspecified atom stereocenters. The van der Waals surface area contributed by atoms with Gasteiger partial charge < -0.3 is 10.1 Å². The van der Waals surface area contributed by atoms with Crippen LogP contribution in [-0.2, 0) is 4.74 Å². The quantitative estimate of drug-likeness (QED) is 0.456. The van der Waals surface area contributed by atoms with Crippen LogP contribution in [0.15, 0.2) is 0 Å². The van der Waals surface area contributed by atoms with Crippen molar-refractivity contribution in [2.24, 2.45) is 0 Å². The SMILES string of the molecule is CCCCCCCC(CCCCCC)NC1CCOCC1. The van der Waals surface area contributed by atoms with E-state index in [4.69, 9.17) is 4.74 Å². The minimum absolute atomic E-state index is 0.713. The predicted molar refractivity (Wildman–Crippen MR) is 92.9 cm³/mol.